The molecule has 9 heteroatoms. The van der Waals surface area contributed by atoms with E-state index >= 15 is 0 Å². The Bertz CT molecular complexity index is 630. The first-order valence-corrected chi connectivity index (χ1v) is 10.1. The quantitative estimate of drug-likeness (QED) is 0.698. The van der Waals surface area contributed by atoms with Gasteiger partial charge in [-0.05, 0) is 44.7 Å². The van der Waals surface area contributed by atoms with Gasteiger partial charge in [0, 0.05) is 63.0 Å². The molecule has 0 spiro atoms. The van der Waals surface area contributed by atoms with Crippen LogP contribution >= 0.6 is 37.2 Å². The smallest absolute Gasteiger partial charge is 0.220 e. The monoisotopic (exact) mass is 465 g/mol. The second kappa shape index (κ2) is 12.2. The molecule has 29 heavy (non-hydrogen) atoms. The number of pyridine rings is 1. The number of amides is 1. The van der Waals surface area contributed by atoms with Crippen LogP contribution in [0, 0.1) is 5.92 Å². The standard InChI is InChI=1S/C20H31N5O.3ClH/c1-24-7-9-25(10-8-24)20-16(3-2-6-21-20)14-22-19(26)13-15-11-17-4-5-18(12-15)23-17;;;/h2-3,6,15,17-18,23H,4-5,7-14H2,1H3,(H,22,26);3*1H. The highest BCUT2D eigenvalue weighted by molar-refractivity contribution is 5.86. The fourth-order valence-corrected chi connectivity index (χ4v) is 4.74. The SMILES string of the molecule is CN1CCN(c2ncccc2CNC(=O)CC2CC3CCC(C2)N3)CC1.Cl.Cl.Cl. The maximum Gasteiger partial charge on any atom is 0.220 e. The molecule has 0 aromatic carbocycles. The maximum absolute atomic E-state index is 12.5. The van der Waals surface area contributed by atoms with Gasteiger partial charge in [0.15, 0.2) is 0 Å². The van der Waals surface area contributed by atoms with Crippen LogP contribution in [-0.2, 0) is 11.3 Å². The largest absolute Gasteiger partial charge is 0.354 e. The molecular formula is C20H34Cl3N5O. The van der Waals surface area contributed by atoms with Crippen LogP contribution < -0.4 is 15.5 Å². The van der Waals surface area contributed by atoms with Crippen molar-refractivity contribution in [1.29, 1.82) is 0 Å². The van der Waals surface area contributed by atoms with E-state index in [0.29, 0.717) is 31.0 Å². The summed E-state index contributed by atoms with van der Waals surface area (Å²) in [5.41, 5.74) is 1.12. The van der Waals surface area contributed by atoms with Gasteiger partial charge in [-0.15, -0.1) is 37.2 Å². The zero-order valence-corrected chi connectivity index (χ0v) is 19.5. The van der Waals surface area contributed by atoms with Crippen LogP contribution in [0.5, 0.6) is 0 Å². The Balaban J connectivity index is 0.00000140. The molecule has 3 aliphatic heterocycles. The summed E-state index contributed by atoms with van der Waals surface area (Å²) in [5.74, 6) is 1.75. The highest BCUT2D eigenvalue weighted by atomic mass is 35.5. The number of hydrogen-bond acceptors (Lipinski definition) is 5. The minimum Gasteiger partial charge on any atom is -0.354 e. The summed E-state index contributed by atoms with van der Waals surface area (Å²) in [7, 11) is 2.16. The van der Waals surface area contributed by atoms with Crippen molar-refractivity contribution in [3.05, 3.63) is 23.9 Å². The van der Waals surface area contributed by atoms with Gasteiger partial charge in [0.05, 0.1) is 0 Å². The number of halogens is 3. The third kappa shape index (κ3) is 6.86. The molecule has 2 atom stereocenters. The van der Waals surface area contributed by atoms with E-state index in [-0.39, 0.29) is 43.1 Å². The minimum absolute atomic E-state index is 0. The van der Waals surface area contributed by atoms with Gasteiger partial charge in [0.1, 0.15) is 5.82 Å². The number of carbonyl (C=O) groups excluding carboxylic acids is 1. The van der Waals surface area contributed by atoms with Gasteiger partial charge in [-0.25, -0.2) is 4.98 Å². The van der Waals surface area contributed by atoms with E-state index in [4.69, 9.17) is 0 Å². The average Bonchev–Trinajstić information content (AvgIpc) is 2.99. The summed E-state index contributed by atoms with van der Waals surface area (Å²) < 4.78 is 0. The summed E-state index contributed by atoms with van der Waals surface area (Å²) in [6.45, 7) is 4.67. The second-order valence-electron chi connectivity index (χ2n) is 8.23. The van der Waals surface area contributed by atoms with Crippen molar-refractivity contribution < 1.29 is 4.79 Å². The van der Waals surface area contributed by atoms with Gasteiger partial charge >= 0.3 is 0 Å². The molecule has 0 saturated carbocycles. The fraction of sp³-hybridized carbons (Fsp3) is 0.700. The highest BCUT2D eigenvalue weighted by Crippen LogP contribution is 2.32. The molecule has 6 nitrogen and oxygen atoms in total. The molecule has 1 aromatic rings. The van der Waals surface area contributed by atoms with Crippen LogP contribution in [0.3, 0.4) is 0 Å². The molecule has 3 fully saturated rings. The first-order valence-electron chi connectivity index (χ1n) is 10.1. The number of rotatable bonds is 5. The molecule has 2 unspecified atom stereocenters. The van der Waals surface area contributed by atoms with Crippen LogP contribution in [-0.4, -0.2) is 61.1 Å². The van der Waals surface area contributed by atoms with Crippen LogP contribution in [0.4, 0.5) is 5.82 Å². The van der Waals surface area contributed by atoms with Crippen LogP contribution in [0.2, 0.25) is 0 Å². The second-order valence-corrected chi connectivity index (χ2v) is 8.23. The summed E-state index contributed by atoms with van der Waals surface area (Å²) in [6.07, 6.45) is 7.40. The molecule has 4 heterocycles. The van der Waals surface area contributed by atoms with Gasteiger partial charge in [-0.1, -0.05) is 6.07 Å². The fourth-order valence-electron chi connectivity index (χ4n) is 4.74. The molecule has 2 bridgehead atoms. The Labute approximate surface area is 192 Å². The maximum atomic E-state index is 12.5. The molecule has 4 rings (SSSR count). The molecule has 0 aliphatic carbocycles. The lowest BCUT2D eigenvalue weighted by Crippen LogP contribution is -2.45. The number of piperidine rings is 1. The van der Waals surface area contributed by atoms with E-state index in [1.807, 2.05) is 12.3 Å². The lowest BCUT2D eigenvalue weighted by Gasteiger charge is -2.34. The van der Waals surface area contributed by atoms with Gasteiger partial charge in [0.25, 0.3) is 0 Å². The first-order chi connectivity index (χ1) is 12.7. The number of hydrogen-bond donors (Lipinski definition) is 2. The van der Waals surface area contributed by atoms with Gasteiger partial charge in [-0.2, -0.15) is 0 Å². The van der Waals surface area contributed by atoms with E-state index in [0.717, 1.165) is 50.4 Å². The number of fused-ring (bicyclic) bond motifs is 2. The Hall–Kier alpha value is -0.790. The first kappa shape index (κ1) is 26.2. The Kier molecular flexibility index (Phi) is 11.0. The Morgan fingerprint density at radius 1 is 1.14 bits per heavy atom. The number of aromatic nitrogens is 1. The van der Waals surface area contributed by atoms with Gasteiger partial charge < -0.3 is 20.4 Å². The third-order valence-corrected chi connectivity index (χ3v) is 6.19. The molecular weight excluding hydrogens is 433 g/mol. The van der Waals surface area contributed by atoms with Crippen molar-refractivity contribution in [1.82, 2.24) is 20.5 Å². The van der Waals surface area contributed by atoms with Crippen molar-refractivity contribution in [3.63, 3.8) is 0 Å². The summed E-state index contributed by atoms with van der Waals surface area (Å²) in [5, 5.41) is 6.80. The molecule has 2 N–H and O–H groups in total. The van der Waals surface area contributed by atoms with Crippen molar-refractivity contribution in [2.24, 2.45) is 5.92 Å². The van der Waals surface area contributed by atoms with Crippen molar-refractivity contribution in [2.75, 3.05) is 38.1 Å². The number of piperazine rings is 1. The number of nitrogens with zero attached hydrogens (tertiary/aromatic N) is 3. The Morgan fingerprint density at radius 3 is 2.45 bits per heavy atom. The van der Waals surface area contributed by atoms with Crippen molar-refractivity contribution in [2.45, 2.75) is 50.7 Å². The predicted octanol–water partition coefficient (Wildman–Crippen LogP) is 2.64. The molecule has 1 amide bonds. The molecule has 1 aromatic heterocycles. The van der Waals surface area contributed by atoms with Crippen LogP contribution in [0.25, 0.3) is 0 Å². The zero-order chi connectivity index (χ0) is 17.9. The van der Waals surface area contributed by atoms with Crippen molar-refractivity contribution >= 4 is 48.9 Å². The lowest BCUT2D eigenvalue weighted by atomic mass is 9.89. The normalized spacial score (nSPS) is 26.0. The number of likely N-dealkylation sites (N-methyl/N-ethyl adjacent to an activating group) is 1. The topological polar surface area (TPSA) is 60.5 Å². The van der Waals surface area contributed by atoms with Gasteiger partial charge in [-0.3, -0.25) is 4.79 Å². The summed E-state index contributed by atoms with van der Waals surface area (Å²) in [6, 6.07) is 5.35. The summed E-state index contributed by atoms with van der Waals surface area (Å²) >= 11 is 0. The van der Waals surface area contributed by atoms with Crippen LogP contribution in [0.1, 0.15) is 37.7 Å². The van der Waals surface area contributed by atoms with Crippen molar-refractivity contribution in [3.8, 4) is 0 Å². The van der Waals surface area contributed by atoms with E-state index in [1.165, 1.54) is 12.8 Å². The molecule has 166 valence electrons. The van der Waals surface area contributed by atoms with E-state index in [9.17, 15) is 4.79 Å². The number of nitrogens with one attached hydrogen (secondary N) is 2. The number of anilines is 1. The van der Waals surface area contributed by atoms with Gasteiger partial charge in [0.2, 0.25) is 5.91 Å². The average molecular weight is 467 g/mol. The predicted molar refractivity (Wildman–Crippen MR) is 125 cm³/mol. The van der Waals surface area contributed by atoms with E-state index in [1.54, 1.807) is 0 Å². The molecule has 3 saturated heterocycles. The lowest BCUT2D eigenvalue weighted by molar-refractivity contribution is -0.122. The van der Waals surface area contributed by atoms with E-state index in [2.05, 4.69) is 38.5 Å². The molecule has 0 radical (unpaired) electrons. The molecule has 3 aliphatic rings. The zero-order valence-electron chi connectivity index (χ0n) is 17.0. The summed E-state index contributed by atoms with van der Waals surface area (Å²) in [4.78, 5) is 21.8. The highest BCUT2D eigenvalue weighted by Gasteiger charge is 2.34. The third-order valence-electron chi connectivity index (χ3n) is 6.19. The van der Waals surface area contributed by atoms with E-state index < -0.39 is 0 Å². The minimum atomic E-state index is 0. The number of carbonyl (C=O) groups is 1. The Morgan fingerprint density at radius 2 is 1.79 bits per heavy atom. The van der Waals surface area contributed by atoms with Crippen LogP contribution in [0.15, 0.2) is 18.3 Å².